The second-order valence-electron chi connectivity index (χ2n) is 5.86. The van der Waals surface area contributed by atoms with Crippen molar-refractivity contribution in [2.45, 2.75) is 18.7 Å². The third-order valence-electron chi connectivity index (χ3n) is 3.91. The van der Waals surface area contributed by atoms with Gasteiger partial charge in [-0.1, -0.05) is 19.1 Å². The largest absolute Gasteiger partial charge is 0.454 e. The van der Waals surface area contributed by atoms with Crippen LogP contribution in [0.5, 0.6) is 11.5 Å². The van der Waals surface area contributed by atoms with Crippen molar-refractivity contribution in [3.8, 4) is 11.5 Å². The van der Waals surface area contributed by atoms with Gasteiger partial charge in [0.2, 0.25) is 6.79 Å². The van der Waals surface area contributed by atoms with Crippen LogP contribution in [-0.2, 0) is 9.53 Å². The molecule has 0 aliphatic carbocycles. The van der Waals surface area contributed by atoms with E-state index in [0.717, 1.165) is 10.6 Å². The molecule has 0 atom stereocenters. The van der Waals surface area contributed by atoms with E-state index >= 15 is 0 Å². The number of carbonyl (C=O) groups excluding carboxylic acids is 3. The fourth-order valence-electron chi connectivity index (χ4n) is 2.65. The van der Waals surface area contributed by atoms with Crippen LogP contribution in [0.15, 0.2) is 41.3 Å². The maximum absolute atomic E-state index is 12.3. The van der Waals surface area contributed by atoms with E-state index in [1.807, 2.05) is 19.1 Å². The number of hydrogen-bond donors (Lipinski definition) is 1. The maximum atomic E-state index is 12.3. The van der Waals surface area contributed by atoms with Gasteiger partial charge < -0.3 is 19.5 Å². The number of benzene rings is 2. The molecular formula is C20H19NO6S. The van der Waals surface area contributed by atoms with Gasteiger partial charge in [0.05, 0.1) is 11.3 Å². The second kappa shape index (κ2) is 8.79. The number of thioether (sulfide) groups is 1. The number of anilines is 1. The van der Waals surface area contributed by atoms with Crippen LogP contribution in [0.25, 0.3) is 0 Å². The van der Waals surface area contributed by atoms with E-state index in [-0.39, 0.29) is 23.8 Å². The quantitative estimate of drug-likeness (QED) is 0.431. The Balaban J connectivity index is 1.67. The lowest BCUT2D eigenvalue weighted by atomic mass is 10.1. The van der Waals surface area contributed by atoms with Gasteiger partial charge in [0, 0.05) is 16.5 Å². The molecule has 0 saturated heterocycles. The summed E-state index contributed by atoms with van der Waals surface area (Å²) < 4.78 is 15.7. The highest BCUT2D eigenvalue weighted by atomic mass is 32.2. The number of ether oxygens (including phenoxy) is 3. The molecule has 0 aromatic heterocycles. The highest BCUT2D eigenvalue weighted by Gasteiger charge is 2.21. The fourth-order valence-corrected chi connectivity index (χ4v) is 3.44. The first-order valence-electron chi connectivity index (χ1n) is 8.63. The van der Waals surface area contributed by atoms with Crippen molar-refractivity contribution in [3.63, 3.8) is 0 Å². The van der Waals surface area contributed by atoms with Crippen molar-refractivity contribution < 1.29 is 28.6 Å². The summed E-state index contributed by atoms with van der Waals surface area (Å²) in [4.78, 5) is 37.2. The smallest absolute Gasteiger partial charge is 0.339 e. The molecule has 1 aliphatic heterocycles. The zero-order valence-electron chi connectivity index (χ0n) is 15.4. The number of carbonyl (C=O) groups is 3. The summed E-state index contributed by atoms with van der Waals surface area (Å²) in [6.07, 6.45) is 0. The Hall–Kier alpha value is -3.00. The third-order valence-corrected chi connectivity index (χ3v) is 4.86. The summed E-state index contributed by atoms with van der Waals surface area (Å²) in [5.74, 6) is 0.306. The summed E-state index contributed by atoms with van der Waals surface area (Å²) in [7, 11) is 0. The van der Waals surface area contributed by atoms with Gasteiger partial charge in [-0.3, -0.25) is 9.59 Å². The van der Waals surface area contributed by atoms with Crippen LogP contribution in [0.1, 0.15) is 34.6 Å². The molecule has 0 saturated carbocycles. The first kappa shape index (κ1) is 19.8. The highest BCUT2D eigenvalue weighted by molar-refractivity contribution is 7.99. The lowest BCUT2D eigenvalue weighted by molar-refractivity contribution is -0.119. The molecule has 0 spiro atoms. The number of nitrogens with one attached hydrogen (secondary N) is 1. The van der Waals surface area contributed by atoms with Crippen molar-refractivity contribution >= 4 is 35.1 Å². The van der Waals surface area contributed by atoms with Gasteiger partial charge in [-0.15, -0.1) is 11.8 Å². The number of ketones is 1. The van der Waals surface area contributed by atoms with Crippen molar-refractivity contribution in [1.82, 2.24) is 0 Å². The standard InChI is InChI=1S/C20H19NO6S/c1-3-28-18-7-5-4-6-13(18)20(24)25-10-19(23)21-15-9-17-16(26-11-27-17)8-14(15)12(2)22/h4-9H,3,10-11H2,1-2H3,(H,21,23). The van der Waals surface area contributed by atoms with Crippen molar-refractivity contribution in [3.05, 3.63) is 47.5 Å². The van der Waals surface area contributed by atoms with Crippen LogP contribution in [0.3, 0.4) is 0 Å². The molecule has 2 aromatic carbocycles. The number of esters is 1. The molecule has 1 amide bonds. The maximum Gasteiger partial charge on any atom is 0.339 e. The molecule has 3 rings (SSSR count). The van der Waals surface area contributed by atoms with E-state index in [0.29, 0.717) is 17.1 Å². The zero-order valence-corrected chi connectivity index (χ0v) is 16.3. The molecule has 28 heavy (non-hydrogen) atoms. The van der Waals surface area contributed by atoms with Crippen molar-refractivity contribution in [2.75, 3.05) is 24.5 Å². The second-order valence-corrected chi connectivity index (χ2v) is 7.17. The fraction of sp³-hybridized carbons (Fsp3) is 0.250. The van der Waals surface area contributed by atoms with E-state index in [1.165, 1.54) is 30.8 Å². The highest BCUT2D eigenvalue weighted by Crippen LogP contribution is 2.37. The van der Waals surface area contributed by atoms with Gasteiger partial charge >= 0.3 is 5.97 Å². The summed E-state index contributed by atoms with van der Waals surface area (Å²) in [6.45, 7) is 2.94. The Morgan fingerprint density at radius 1 is 1.11 bits per heavy atom. The Labute approximate surface area is 166 Å². The first-order chi connectivity index (χ1) is 13.5. The number of hydrogen-bond acceptors (Lipinski definition) is 7. The van der Waals surface area contributed by atoms with Crippen LogP contribution in [0.2, 0.25) is 0 Å². The van der Waals surface area contributed by atoms with E-state index in [2.05, 4.69) is 5.32 Å². The summed E-state index contributed by atoms with van der Waals surface area (Å²) in [6, 6.07) is 10.1. The van der Waals surface area contributed by atoms with E-state index in [4.69, 9.17) is 14.2 Å². The van der Waals surface area contributed by atoms with Gasteiger partial charge in [-0.2, -0.15) is 0 Å². The first-order valence-corrected chi connectivity index (χ1v) is 9.61. The van der Waals surface area contributed by atoms with Crippen LogP contribution >= 0.6 is 11.8 Å². The lowest BCUT2D eigenvalue weighted by Crippen LogP contribution is -2.22. The molecule has 0 fully saturated rings. The Kier molecular flexibility index (Phi) is 6.20. The van der Waals surface area contributed by atoms with E-state index in [1.54, 1.807) is 12.1 Å². The Morgan fingerprint density at radius 2 is 1.82 bits per heavy atom. The van der Waals surface area contributed by atoms with Gasteiger partial charge in [0.1, 0.15) is 0 Å². The normalized spacial score (nSPS) is 11.8. The molecule has 146 valence electrons. The molecule has 0 unspecified atom stereocenters. The average molecular weight is 401 g/mol. The predicted octanol–water partition coefficient (Wildman–Crippen LogP) is 3.53. The summed E-state index contributed by atoms with van der Waals surface area (Å²) >= 11 is 1.52. The van der Waals surface area contributed by atoms with Gasteiger partial charge in [0.15, 0.2) is 23.9 Å². The molecule has 1 heterocycles. The zero-order chi connectivity index (χ0) is 20.1. The number of amides is 1. The molecule has 7 nitrogen and oxygen atoms in total. The molecular weight excluding hydrogens is 382 g/mol. The average Bonchev–Trinajstić information content (AvgIpc) is 3.13. The number of rotatable bonds is 7. The molecule has 1 N–H and O–H groups in total. The summed E-state index contributed by atoms with van der Waals surface area (Å²) in [5.41, 5.74) is 0.975. The van der Waals surface area contributed by atoms with E-state index in [9.17, 15) is 14.4 Å². The molecule has 8 heteroatoms. The van der Waals surface area contributed by atoms with Crippen molar-refractivity contribution in [2.24, 2.45) is 0 Å². The van der Waals surface area contributed by atoms with E-state index < -0.39 is 18.5 Å². The Morgan fingerprint density at radius 3 is 2.54 bits per heavy atom. The SMILES string of the molecule is CCSc1ccccc1C(=O)OCC(=O)Nc1cc2c(cc1C(C)=O)OCO2. The third kappa shape index (κ3) is 4.45. The minimum atomic E-state index is -0.579. The minimum Gasteiger partial charge on any atom is -0.454 e. The summed E-state index contributed by atoms with van der Waals surface area (Å²) in [5, 5.41) is 2.59. The molecule has 1 aliphatic rings. The minimum absolute atomic E-state index is 0.0525. The van der Waals surface area contributed by atoms with Crippen molar-refractivity contribution in [1.29, 1.82) is 0 Å². The van der Waals surface area contributed by atoms with Gasteiger partial charge in [0.25, 0.3) is 5.91 Å². The van der Waals surface area contributed by atoms with Gasteiger partial charge in [-0.25, -0.2) is 4.79 Å². The monoisotopic (exact) mass is 401 g/mol. The number of fused-ring (bicyclic) bond motifs is 1. The molecule has 0 bridgehead atoms. The van der Waals surface area contributed by atoms with Gasteiger partial charge in [-0.05, 0) is 30.9 Å². The molecule has 0 radical (unpaired) electrons. The lowest BCUT2D eigenvalue weighted by Gasteiger charge is -2.12. The predicted molar refractivity (Wildman–Crippen MR) is 104 cm³/mol. The van der Waals surface area contributed by atoms with Crippen LogP contribution < -0.4 is 14.8 Å². The van der Waals surface area contributed by atoms with Crippen LogP contribution in [0.4, 0.5) is 5.69 Å². The Bertz CT molecular complexity index is 927. The van der Waals surface area contributed by atoms with Crippen LogP contribution in [-0.4, -0.2) is 36.8 Å². The molecule has 2 aromatic rings. The number of Topliss-reactive ketones (excluding diaryl/α,β-unsaturated/α-hetero) is 1. The van der Waals surface area contributed by atoms with Crippen LogP contribution in [0, 0.1) is 0 Å². The topological polar surface area (TPSA) is 90.9 Å².